The molecule has 3 rings (SSSR count). The van der Waals surface area contributed by atoms with Crippen LogP contribution in [0.5, 0.6) is 0 Å². The first kappa shape index (κ1) is 11.6. The number of hydrogen-bond acceptors (Lipinski definition) is 3. The zero-order valence-electron chi connectivity index (χ0n) is 10.3. The van der Waals surface area contributed by atoms with Crippen molar-refractivity contribution in [3.05, 3.63) is 41.6 Å². The zero-order chi connectivity index (χ0) is 12.3. The van der Waals surface area contributed by atoms with Crippen molar-refractivity contribution >= 4 is 5.95 Å². The van der Waals surface area contributed by atoms with Gasteiger partial charge in [0.05, 0.1) is 5.69 Å². The molecule has 1 aliphatic carbocycles. The van der Waals surface area contributed by atoms with Gasteiger partial charge in [0.15, 0.2) is 0 Å². The van der Waals surface area contributed by atoms with Crippen LogP contribution in [0, 0.1) is 0 Å². The van der Waals surface area contributed by atoms with Crippen LogP contribution in [0.1, 0.15) is 25.0 Å². The Hall–Kier alpha value is -1.90. The second kappa shape index (κ2) is 4.95. The number of benzene rings is 1. The van der Waals surface area contributed by atoms with Crippen LogP contribution in [-0.2, 0) is 12.8 Å². The maximum Gasteiger partial charge on any atom is 0.220 e. The van der Waals surface area contributed by atoms with Crippen molar-refractivity contribution < 1.29 is 0 Å². The van der Waals surface area contributed by atoms with Crippen molar-refractivity contribution in [3.8, 4) is 11.3 Å². The molecule has 88 valence electrons. The molecule has 1 aliphatic rings. The SMILES string of the molecule is CC.Nc1ncc2c(n1)-c1ccccc1CC2. The highest BCUT2D eigenvalue weighted by Gasteiger charge is 2.16. The Labute approximate surface area is 102 Å². The lowest BCUT2D eigenvalue weighted by molar-refractivity contribution is 0.913. The molecule has 0 spiro atoms. The Morgan fingerprint density at radius 2 is 1.76 bits per heavy atom. The third kappa shape index (κ3) is 2.13. The first-order valence-electron chi connectivity index (χ1n) is 6.04. The number of nitrogens with two attached hydrogens (primary N) is 1. The fourth-order valence-electron chi connectivity index (χ4n) is 2.08. The second-order valence-corrected chi connectivity index (χ2v) is 3.76. The van der Waals surface area contributed by atoms with E-state index in [2.05, 4.69) is 28.2 Å². The van der Waals surface area contributed by atoms with Gasteiger partial charge in [-0.2, -0.15) is 0 Å². The van der Waals surface area contributed by atoms with Gasteiger partial charge in [0.1, 0.15) is 0 Å². The standard InChI is InChI=1S/C12H11N3.C2H6/c13-12-14-7-9-6-5-8-3-1-2-4-10(8)11(9)15-12;1-2/h1-4,7H,5-6H2,(H2,13,14,15);1-2H3. The normalized spacial score (nSPS) is 11.9. The first-order chi connectivity index (χ1) is 8.34. The van der Waals surface area contributed by atoms with Crippen molar-refractivity contribution in [2.75, 3.05) is 5.73 Å². The third-order valence-electron chi connectivity index (χ3n) is 2.82. The summed E-state index contributed by atoms with van der Waals surface area (Å²) < 4.78 is 0. The average molecular weight is 227 g/mol. The Morgan fingerprint density at radius 3 is 2.59 bits per heavy atom. The minimum absolute atomic E-state index is 0.352. The predicted molar refractivity (Wildman–Crippen MR) is 70.6 cm³/mol. The minimum atomic E-state index is 0.352. The van der Waals surface area contributed by atoms with Gasteiger partial charge >= 0.3 is 0 Å². The highest BCUT2D eigenvalue weighted by Crippen LogP contribution is 2.31. The summed E-state index contributed by atoms with van der Waals surface area (Å²) in [6, 6.07) is 8.34. The smallest absolute Gasteiger partial charge is 0.220 e. The summed E-state index contributed by atoms with van der Waals surface area (Å²) in [4.78, 5) is 8.35. The van der Waals surface area contributed by atoms with Crippen LogP contribution in [0.15, 0.2) is 30.5 Å². The molecule has 3 heteroatoms. The predicted octanol–water partition coefficient (Wildman–Crippen LogP) is 2.85. The van der Waals surface area contributed by atoms with Crippen molar-refractivity contribution in [2.45, 2.75) is 26.7 Å². The van der Waals surface area contributed by atoms with Crippen LogP contribution in [0.3, 0.4) is 0 Å². The lowest BCUT2D eigenvalue weighted by Crippen LogP contribution is -2.08. The van der Waals surface area contributed by atoms with Crippen molar-refractivity contribution in [2.24, 2.45) is 0 Å². The van der Waals surface area contributed by atoms with E-state index in [0.29, 0.717) is 5.95 Å². The van der Waals surface area contributed by atoms with E-state index >= 15 is 0 Å². The number of fused-ring (bicyclic) bond motifs is 3. The van der Waals surface area contributed by atoms with Gasteiger partial charge in [0.25, 0.3) is 0 Å². The summed E-state index contributed by atoms with van der Waals surface area (Å²) >= 11 is 0. The Morgan fingerprint density at radius 1 is 1.06 bits per heavy atom. The van der Waals surface area contributed by atoms with E-state index in [1.54, 1.807) is 0 Å². The molecule has 0 bridgehead atoms. The molecule has 0 unspecified atom stereocenters. The molecule has 0 saturated carbocycles. The number of aryl methyl sites for hydroxylation is 2. The number of anilines is 1. The zero-order valence-corrected chi connectivity index (χ0v) is 10.3. The van der Waals surface area contributed by atoms with Crippen LogP contribution in [0.2, 0.25) is 0 Å². The largest absolute Gasteiger partial charge is 0.368 e. The minimum Gasteiger partial charge on any atom is -0.368 e. The van der Waals surface area contributed by atoms with Crippen LogP contribution >= 0.6 is 0 Å². The van der Waals surface area contributed by atoms with Crippen LogP contribution in [-0.4, -0.2) is 9.97 Å². The van der Waals surface area contributed by atoms with Crippen molar-refractivity contribution in [1.29, 1.82) is 0 Å². The average Bonchev–Trinajstić information content (AvgIpc) is 2.41. The van der Waals surface area contributed by atoms with Crippen molar-refractivity contribution in [3.63, 3.8) is 0 Å². The van der Waals surface area contributed by atoms with Gasteiger partial charge < -0.3 is 5.73 Å². The van der Waals surface area contributed by atoms with E-state index in [9.17, 15) is 0 Å². The molecule has 0 aliphatic heterocycles. The van der Waals surface area contributed by atoms with E-state index in [-0.39, 0.29) is 0 Å². The molecule has 1 aromatic heterocycles. The maximum atomic E-state index is 5.62. The molecular formula is C14H17N3. The molecule has 2 aromatic rings. The summed E-state index contributed by atoms with van der Waals surface area (Å²) in [7, 11) is 0. The Kier molecular flexibility index (Phi) is 3.38. The summed E-state index contributed by atoms with van der Waals surface area (Å²) in [5.74, 6) is 0.352. The molecule has 17 heavy (non-hydrogen) atoms. The summed E-state index contributed by atoms with van der Waals surface area (Å²) in [6.45, 7) is 4.00. The quantitative estimate of drug-likeness (QED) is 0.753. The van der Waals surface area contributed by atoms with Crippen LogP contribution in [0.25, 0.3) is 11.3 Å². The van der Waals surface area contributed by atoms with Crippen LogP contribution < -0.4 is 5.73 Å². The van der Waals surface area contributed by atoms with Gasteiger partial charge in [-0.25, -0.2) is 9.97 Å². The lowest BCUT2D eigenvalue weighted by atomic mass is 9.90. The fourth-order valence-corrected chi connectivity index (χ4v) is 2.08. The molecule has 1 aromatic carbocycles. The first-order valence-corrected chi connectivity index (χ1v) is 6.04. The van der Waals surface area contributed by atoms with E-state index in [1.165, 1.54) is 16.7 Å². The van der Waals surface area contributed by atoms with E-state index in [4.69, 9.17) is 5.73 Å². The van der Waals surface area contributed by atoms with Crippen LogP contribution in [0.4, 0.5) is 5.95 Å². The van der Waals surface area contributed by atoms with Crippen molar-refractivity contribution in [1.82, 2.24) is 9.97 Å². The molecule has 3 nitrogen and oxygen atoms in total. The van der Waals surface area contributed by atoms with E-state index < -0.39 is 0 Å². The van der Waals surface area contributed by atoms with Gasteiger partial charge in [0, 0.05) is 11.8 Å². The third-order valence-corrected chi connectivity index (χ3v) is 2.82. The van der Waals surface area contributed by atoms with Gasteiger partial charge in [-0.1, -0.05) is 38.1 Å². The molecular weight excluding hydrogens is 210 g/mol. The maximum absolute atomic E-state index is 5.62. The fraction of sp³-hybridized carbons (Fsp3) is 0.286. The molecule has 0 fully saturated rings. The highest BCUT2D eigenvalue weighted by atomic mass is 15.0. The van der Waals surface area contributed by atoms with E-state index in [0.717, 1.165) is 18.5 Å². The highest BCUT2D eigenvalue weighted by molar-refractivity contribution is 5.69. The number of nitrogens with zero attached hydrogens (tertiary/aromatic N) is 2. The number of aromatic nitrogens is 2. The molecule has 2 N–H and O–H groups in total. The molecule has 0 radical (unpaired) electrons. The molecule has 1 heterocycles. The Balaban J connectivity index is 0.000000514. The molecule has 0 saturated heterocycles. The van der Waals surface area contributed by atoms with E-state index in [1.807, 2.05) is 26.1 Å². The Bertz CT molecular complexity index is 521. The number of rotatable bonds is 0. The number of nitrogen functional groups attached to an aromatic ring is 1. The lowest BCUT2D eigenvalue weighted by Gasteiger charge is -2.17. The van der Waals surface area contributed by atoms with Gasteiger partial charge in [-0.15, -0.1) is 0 Å². The number of hydrogen-bond donors (Lipinski definition) is 1. The molecule has 0 amide bonds. The molecule has 0 atom stereocenters. The van der Waals surface area contributed by atoms with Gasteiger partial charge in [0.2, 0.25) is 5.95 Å². The second-order valence-electron chi connectivity index (χ2n) is 3.76. The summed E-state index contributed by atoms with van der Waals surface area (Å²) in [5, 5.41) is 0. The topological polar surface area (TPSA) is 51.8 Å². The summed E-state index contributed by atoms with van der Waals surface area (Å²) in [6.07, 6.45) is 3.91. The van der Waals surface area contributed by atoms with Gasteiger partial charge in [-0.05, 0) is 24.0 Å². The van der Waals surface area contributed by atoms with Gasteiger partial charge in [-0.3, -0.25) is 0 Å². The monoisotopic (exact) mass is 227 g/mol. The summed E-state index contributed by atoms with van der Waals surface area (Å²) in [5.41, 5.74) is 10.4.